The first-order valence-electron chi connectivity index (χ1n) is 5.53. The van der Waals surface area contributed by atoms with Crippen molar-refractivity contribution in [2.24, 2.45) is 0 Å². The van der Waals surface area contributed by atoms with Gasteiger partial charge in [0.05, 0.1) is 0 Å². The molecular formula is C12H14N2O2S. The lowest BCUT2D eigenvalue weighted by molar-refractivity contribution is -0.122. The first-order valence-corrected chi connectivity index (χ1v) is 6.34. The van der Waals surface area contributed by atoms with Crippen molar-refractivity contribution < 1.29 is 9.59 Å². The summed E-state index contributed by atoms with van der Waals surface area (Å²) >= 11 is 1.59. The molecule has 0 aromatic carbocycles. The number of imide groups is 1. The molecule has 1 aliphatic rings. The normalized spacial score (nSPS) is 18.0. The first kappa shape index (κ1) is 11.9. The number of urea groups is 1. The van der Waals surface area contributed by atoms with Crippen molar-refractivity contribution >= 4 is 29.4 Å². The van der Waals surface area contributed by atoms with E-state index >= 15 is 0 Å². The number of carbonyl (C=O) groups excluding carboxylic acids is 2. The van der Waals surface area contributed by atoms with E-state index in [1.807, 2.05) is 26.0 Å². The summed E-state index contributed by atoms with van der Waals surface area (Å²) in [5, 5.41) is 2.60. The zero-order valence-electron chi connectivity index (χ0n) is 9.82. The Labute approximate surface area is 104 Å². The van der Waals surface area contributed by atoms with Gasteiger partial charge in [0.1, 0.15) is 5.70 Å². The molecule has 0 unspecified atom stereocenters. The van der Waals surface area contributed by atoms with Gasteiger partial charge in [-0.25, -0.2) is 4.79 Å². The SMILES string of the molecule is CCCN1C(=O)NC(=Cc2ccc(C)s2)C1=O. The highest BCUT2D eigenvalue weighted by atomic mass is 32.1. The molecule has 1 saturated heterocycles. The van der Waals surface area contributed by atoms with E-state index < -0.39 is 0 Å². The van der Waals surface area contributed by atoms with E-state index in [0.29, 0.717) is 12.2 Å². The molecule has 1 N–H and O–H groups in total. The standard InChI is InChI=1S/C12H14N2O2S/c1-3-6-14-11(15)10(13-12(14)16)7-9-5-4-8(2)17-9/h4-5,7H,3,6H2,1-2H3,(H,13,16). The highest BCUT2D eigenvalue weighted by Crippen LogP contribution is 2.20. The summed E-state index contributed by atoms with van der Waals surface area (Å²) in [5.74, 6) is -0.233. The van der Waals surface area contributed by atoms with Gasteiger partial charge in [0.15, 0.2) is 0 Å². The second-order valence-corrected chi connectivity index (χ2v) is 5.21. The molecule has 0 aliphatic carbocycles. The molecule has 90 valence electrons. The van der Waals surface area contributed by atoms with Gasteiger partial charge in [-0.05, 0) is 31.6 Å². The molecule has 5 heteroatoms. The van der Waals surface area contributed by atoms with Crippen LogP contribution in [0.5, 0.6) is 0 Å². The lowest BCUT2D eigenvalue weighted by atomic mass is 10.3. The Bertz CT molecular complexity index is 490. The van der Waals surface area contributed by atoms with E-state index in [1.165, 1.54) is 9.78 Å². The van der Waals surface area contributed by atoms with Crippen LogP contribution >= 0.6 is 11.3 Å². The summed E-state index contributed by atoms with van der Waals surface area (Å²) in [7, 11) is 0. The molecular weight excluding hydrogens is 236 g/mol. The number of hydrogen-bond acceptors (Lipinski definition) is 3. The molecule has 1 aromatic heterocycles. The Morgan fingerprint density at radius 2 is 2.18 bits per heavy atom. The molecule has 17 heavy (non-hydrogen) atoms. The van der Waals surface area contributed by atoms with Gasteiger partial charge < -0.3 is 5.32 Å². The average Bonchev–Trinajstić information content (AvgIpc) is 2.79. The second kappa shape index (κ2) is 4.71. The Balaban J connectivity index is 2.21. The van der Waals surface area contributed by atoms with Crippen molar-refractivity contribution in [3.05, 3.63) is 27.6 Å². The number of nitrogens with zero attached hydrogens (tertiary/aromatic N) is 1. The van der Waals surface area contributed by atoms with E-state index in [4.69, 9.17) is 0 Å². The number of amides is 3. The maximum atomic E-state index is 11.9. The maximum Gasteiger partial charge on any atom is 0.329 e. The molecule has 1 aromatic rings. The van der Waals surface area contributed by atoms with Gasteiger partial charge in [0.25, 0.3) is 5.91 Å². The van der Waals surface area contributed by atoms with Crippen LogP contribution < -0.4 is 5.32 Å². The summed E-state index contributed by atoms with van der Waals surface area (Å²) in [6.45, 7) is 4.40. The Morgan fingerprint density at radius 3 is 2.76 bits per heavy atom. The summed E-state index contributed by atoms with van der Waals surface area (Å²) < 4.78 is 0. The predicted molar refractivity (Wildman–Crippen MR) is 67.6 cm³/mol. The topological polar surface area (TPSA) is 49.4 Å². The number of hydrogen-bond donors (Lipinski definition) is 1. The van der Waals surface area contributed by atoms with Gasteiger partial charge in [-0.15, -0.1) is 11.3 Å². The van der Waals surface area contributed by atoms with Crippen molar-refractivity contribution in [3.8, 4) is 0 Å². The van der Waals surface area contributed by atoms with Crippen LogP contribution in [0.3, 0.4) is 0 Å². The molecule has 2 rings (SSSR count). The highest BCUT2D eigenvalue weighted by Gasteiger charge is 2.32. The van der Waals surface area contributed by atoms with Gasteiger partial charge in [-0.3, -0.25) is 9.69 Å². The molecule has 2 heterocycles. The summed E-state index contributed by atoms with van der Waals surface area (Å²) in [6.07, 6.45) is 2.50. The van der Waals surface area contributed by atoms with Crippen LogP contribution in [0.15, 0.2) is 17.8 Å². The minimum atomic E-state index is -0.323. The minimum Gasteiger partial charge on any atom is -0.303 e. The zero-order valence-corrected chi connectivity index (χ0v) is 10.6. The van der Waals surface area contributed by atoms with Gasteiger partial charge >= 0.3 is 6.03 Å². The van der Waals surface area contributed by atoms with E-state index in [9.17, 15) is 9.59 Å². The fourth-order valence-electron chi connectivity index (χ4n) is 1.67. The first-order chi connectivity index (χ1) is 8.11. The van der Waals surface area contributed by atoms with E-state index in [-0.39, 0.29) is 11.9 Å². The van der Waals surface area contributed by atoms with Crippen molar-refractivity contribution in [1.29, 1.82) is 0 Å². The fraction of sp³-hybridized carbons (Fsp3) is 0.333. The maximum absolute atomic E-state index is 11.9. The zero-order chi connectivity index (χ0) is 12.4. The van der Waals surface area contributed by atoms with Crippen LogP contribution in [0.2, 0.25) is 0 Å². The van der Waals surface area contributed by atoms with E-state index in [2.05, 4.69) is 5.32 Å². The lowest BCUT2D eigenvalue weighted by Gasteiger charge is -2.08. The smallest absolute Gasteiger partial charge is 0.303 e. The monoisotopic (exact) mass is 250 g/mol. The van der Waals surface area contributed by atoms with Crippen LogP contribution in [0.25, 0.3) is 6.08 Å². The molecule has 3 amide bonds. The average molecular weight is 250 g/mol. The third kappa shape index (κ3) is 2.39. The minimum absolute atomic E-state index is 0.233. The summed E-state index contributed by atoms with van der Waals surface area (Å²) in [6, 6.07) is 3.60. The second-order valence-electron chi connectivity index (χ2n) is 3.89. The van der Waals surface area contributed by atoms with E-state index in [0.717, 1.165) is 11.3 Å². The molecule has 0 bridgehead atoms. The van der Waals surface area contributed by atoms with Crippen molar-refractivity contribution in [2.45, 2.75) is 20.3 Å². The fourth-order valence-corrected chi connectivity index (χ4v) is 2.49. The van der Waals surface area contributed by atoms with Gasteiger partial charge in [-0.2, -0.15) is 0 Å². The largest absolute Gasteiger partial charge is 0.329 e. The molecule has 1 aliphatic heterocycles. The summed E-state index contributed by atoms with van der Waals surface area (Å²) in [5.41, 5.74) is 0.366. The Morgan fingerprint density at radius 1 is 1.41 bits per heavy atom. The van der Waals surface area contributed by atoms with Crippen LogP contribution in [0, 0.1) is 6.92 Å². The molecule has 0 atom stereocenters. The van der Waals surface area contributed by atoms with Crippen molar-refractivity contribution in [1.82, 2.24) is 10.2 Å². The van der Waals surface area contributed by atoms with Gasteiger partial charge in [0, 0.05) is 16.3 Å². The van der Waals surface area contributed by atoms with Gasteiger partial charge in [0.2, 0.25) is 0 Å². The number of aryl methyl sites for hydroxylation is 1. The molecule has 0 spiro atoms. The molecule has 0 radical (unpaired) electrons. The van der Waals surface area contributed by atoms with Crippen LogP contribution in [-0.2, 0) is 4.79 Å². The molecule has 0 saturated carbocycles. The van der Waals surface area contributed by atoms with Crippen LogP contribution in [0.1, 0.15) is 23.1 Å². The van der Waals surface area contributed by atoms with Crippen molar-refractivity contribution in [2.75, 3.05) is 6.54 Å². The third-order valence-corrected chi connectivity index (χ3v) is 3.40. The molecule has 4 nitrogen and oxygen atoms in total. The van der Waals surface area contributed by atoms with Crippen LogP contribution in [0.4, 0.5) is 4.79 Å². The number of thiophene rings is 1. The van der Waals surface area contributed by atoms with E-state index in [1.54, 1.807) is 17.4 Å². The van der Waals surface area contributed by atoms with Crippen molar-refractivity contribution in [3.63, 3.8) is 0 Å². The number of nitrogens with one attached hydrogen (secondary N) is 1. The lowest BCUT2D eigenvalue weighted by Crippen LogP contribution is -2.31. The van der Waals surface area contributed by atoms with Gasteiger partial charge in [-0.1, -0.05) is 6.92 Å². The third-order valence-electron chi connectivity index (χ3n) is 2.46. The summed E-state index contributed by atoms with van der Waals surface area (Å²) in [4.78, 5) is 26.8. The predicted octanol–water partition coefficient (Wildman–Crippen LogP) is 2.36. The highest BCUT2D eigenvalue weighted by molar-refractivity contribution is 7.12. The number of rotatable bonds is 3. The molecule has 1 fully saturated rings. The number of carbonyl (C=O) groups is 2. The van der Waals surface area contributed by atoms with Crippen LogP contribution in [-0.4, -0.2) is 23.4 Å². The Hall–Kier alpha value is -1.62. The Kier molecular flexibility index (Phi) is 3.28. The quantitative estimate of drug-likeness (QED) is 0.661.